The Balaban J connectivity index is 2.05. The van der Waals surface area contributed by atoms with Crippen molar-refractivity contribution in [2.24, 2.45) is 0 Å². The van der Waals surface area contributed by atoms with Crippen LogP contribution in [0.4, 0.5) is 5.69 Å². The van der Waals surface area contributed by atoms with E-state index in [0.29, 0.717) is 5.69 Å². The van der Waals surface area contributed by atoms with E-state index in [1.807, 2.05) is 30.3 Å². The van der Waals surface area contributed by atoms with Gasteiger partial charge in [0.15, 0.2) is 0 Å². The van der Waals surface area contributed by atoms with Crippen molar-refractivity contribution in [3.63, 3.8) is 0 Å². The zero-order chi connectivity index (χ0) is 14.2. The number of hydrogen-bond acceptors (Lipinski definition) is 5. The molecular formula is C16H11N3S2. The number of rotatable bonds is 2. The third-order valence-electron chi connectivity index (χ3n) is 3.20. The molecule has 0 bridgehead atoms. The highest BCUT2D eigenvalue weighted by atomic mass is 32.1. The highest BCUT2D eigenvalue weighted by Crippen LogP contribution is 2.35. The van der Waals surface area contributed by atoms with Crippen molar-refractivity contribution in [2.75, 3.05) is 5.73 Å². The van der Waals surface area contributed by atoms with Gasteiger partial charge in [-0.15, -0.1) is 22.7 Å². The maximum atomic E-state index is 5.86. The van der Waals surface area contributed by atoms with E-state index in [2.05, 4.69) is 22.9 Å². The molecule has 21 heavy (non-hydrogen) atoms. The molecule has 0 fully saturated rings. The predicted molar refractivity (Wildman–Crippen MR) is 90.6 cm³/mol. The van der Waals surface area contributed by atoms with Gasteiger partial charge in [0.2, 0.25) is 0 Å². The number of benzene rings is 1. The second kappa shape index (κ2) is 4.95. The van der Waals surface area contributed by atoms with Gasteiger partial charge < -0.3 is 5.73 Å². The molecular weight excluding hydrogens is 298 g/mol. The van der Waals surface area contributed by atoms with Crippen LogP contribution in [0, 0.1) is 0 Å². The molecule has 3 aromatic heterocycles. The Hall–Kier alpha value is -2.24. The highest BCUT2D eigenvalue weighted by molar-refractivity contribution is 7.14. The molecule has 0 amide bonds. The van der Waals surface area contributed by atoms with Crippen LogP contribution in [0.5, 0.6) is 0 Å². The number of nitrogen functional groups attached to an aromatic ring is 1. The molecule has 3 heterocycles. The van der Waals surface area contributed by atoms with Crippen molar-refractivity contribution in [3.8, 4) is 21.1 Å². The first-order chi connectivity index (χ1) is 10.3. The number of nitrogens with two attached hydrogens (primary N) is 1. The van der Waals surface area contributed by atoms with E-state index in [0.717, 1.165) is 32.2 Å². The second-order valence-electron chi connectivity index (χ2n) is 4.62. The quantitative estimate of drug-likeness (QED) is 0.547. The van der Waals surface area contributed by atoms with Crippen LogP contribution >= 0.6 is 22.7 Å². The SMILES string of the molecule is Nc1ccc2nc(-c3cccs3)c(-c3cccs3)nc2c1. The summed E-state index contributed by atoms with van der Waals surface area (Å²) in [6.07, 6.45) is 0. The molecule has 4 aromatic rings. The molecule has 4 rings (SSSR count). The van der Waals surface area contributed by atoms with Crippen molar-refractivity contribution in [3.05, 3.63) is 53.2 Å². The fourth-order valence-corrected chi connectivity index (χ4v) is 3.67. The first-order valence-corrected chi connectivity index (χ1v) is 8.22. The van der Waals surface area contributed by atoms with Crippen LogP contribution in [-0.4, -0.2) is 9.97 Å². The summed E-state index contributed by atoms with van der Waals surface area (Å²) >= 11 is 3.35. The lowest BCUT2D eigenvalue weighted by atomic mass is 10.2. The Morgan fingerprint density at radius 2 is 1.38 bits per heavy atom. The molecule has 0 aliphatic carbocycles. The average Bonchev–Trinajstić information content (AvgIpc) is 3.19. The van der Waals surface area contributed by atoms with Gasteiger partial charge in [-0.05, 0) is 41.1 Å². The van der Waals surface area contributed by atoms with Crippen molar-refractivity contribution >= 4 is 39.4 Å². The first kappa shape index (κ1) is 12.5. The van der Waals surface area contributed by atoms with Crippen LogP contribution in [0.25, 0.3) is 32.2 Å². The molecule has 0 spiro atoms. The number of thiophene rings is 2. The normalized spacial score (nSPS) is 11.0. The molecule has 0 aliphatic heterocycles. The first-order valence-electron chi connectivity index (χ1n) is 6.46. The molecule has 2 N–H and O–H groups in total. The summed E-state index contributed by atoms with van der Waals surface area (Å²) in [7, 11) is 0. The molecule has 0 aliphatic rings. The Morgan fingerprint density at radius 3 is 1.95 bits per heavy atom. The van der Waals surface area contributed by atoms with Crippen LogP contribution in [0.15, 0.2) is 53.2 Å². The van der Waals surface area contributed by atoms with Crippen molar-refractivity contribution in [1.29, 1.82) is 0 Å². The molecule has 0 radical (unpaired) electrons. The van der Waals surface area contributed by atoms with Gasteiger partial charge in [-0.2, -0.15) is 0 Å². The minimum absolute atomic E-state index is 0.706. The van der Waals surface area contributed by atoms with E-state index >= 15 is 0 Å². The number of nitrogens with zero attached hydrogens (tertiary/aromatic N) is 2. The van der Waals surface area contributed by atoms with Gasteiger partial charge in [0.1, 0.15) is 11.4 Å². The molecule has 0 saturated carbocycles. The number of aromatic nitrogens is 2. The molecule has 0 saturated heterocycles. The Labute approximate surface area is 129 Å². The Kier molecular flexibility index (Phi) is 2.94. The zero-order valence-electron chi connectivity index (χ0n) is 11.0. The summed E-state index contributed by atoms with van der Waals surface area (Å²) in [5.74, 6) is 0. The molecule has 0 atom stereocenters. The third kappa shape index (κ3) is 2.20. The zero-order valence-corrected chi connectivity index (χ0v) is 12.6. The van der Waals surface area contributed by atoms with E-state index in [4.69, 9.17) is 15.7 Å². The number of fused-ring (bicyclic) bond motifs is 1. The molecule has 5 heteroatoms. The lowest BCUT2D eigenvalue weighted by Crippen LogP contribution is -1.94. The summed E-state index contributed by atoms with van der Waals surface area (Å²) in [5.41, 5.74) is 10.1. The van der Waals surface area contributed by atoms with Crippen LogP contribution in [0.2, 0.25) is 0 Å². The van der Waals surface area contributed by atoms with Crippen LogP contribution in [-0.2, 0) is 0 Å². The van der Waals surface area contributed by atoms with Crippen molar-refractivity contribution in [2.45, 2.75) is 0 Å². The van der Waals surface area contributed by atoms with E-state index in [1.165, 1.54) is 0 Å². The van der Waals surface area contributed by atoms with E-state index in [9.17, 15) is 0 Å². The smallest absolute Gasteiger partial charge is 0.108 e. The van der Waals surface area contributed by atoms with Crippen LogP contribution in [0.1, 0.15) is 0 Å². The predicted octanol–water partition coefficient (Wildman–Crippen LogP) is 4.67. The van der Waals surface area contributed by atoms with Gasteiger partial charge >= 0.3 is 0 Å². The van der Waals surface area contributed by atoms with Gasteiger partial charge in [-0.25, -0.2) is 9.97 Å². The summed E-state index contributed by atoms with van der Waals surface area (Å²) in [4.78, 5) is 11.9. The van der Waals surface area contributed by atoms with Crippen molar-refractivity contribution < 1.29 is 0 Å². The minimum atomic E-state index is 0.706. The lowest BCUT2D eigenvalue weighted by Gasteiger charge is -2.07. The fourth-order valence-electron chi connectivity index (χ4n) is 2.24. The summed E-state index contributed by atoms with van der Waals surface area (Å²) in [6.45, 7) is 0. The van der Waals surface area contributed by atoms with E-state index in [-0.39, 0.29) is 0 Å². The van der Waals surface area contributed by atoms with Crippen molar-refractivity contribution in [1.82, 2.24) is 9.97 Å². The average molecular weight is 309 g/mol. The van der Waals surface area contributed by atoms with Gasteiger partial charge in [0.05, 0.1) is 20.8 Å². The number of hydrogen-bond donors (Lipinski definition) is 1. The standard InChI is InChI=1S/C16H11N3S2/c17-10-5-6-11-12(9-10)19-16(14-4-2-8-21-14)15(18-11)13-3-1-7-20-13/h1-9H,17H2. The van der Waals surface area contributed by atoms with Crippen LogP contribution < -0.4 is 5.73 Å². The summed E-state index contributed by atoms with van der Waals surface area (Å²) in [5, 5.41) is 4.11. The van der Waals surface area contributed by atoms with E-state index < -0.39 is 0 Å². The largest absolute Gasteiger partial charge is 0.399 e. The number of anilines is 1. The van der Waals surface area contributed by atoms with Gasteiger partial charge in [-0.3, -0.25) is 0 Å². The Morgan fingerprint density at radius 1 is 0.762 bits per heavy atom. The topological polar surface area (TPSA) is 51.8 Å². The molecule has 102 valence electrons. The lowest BCUT2D eigenvalue weighted by molar-refractivity contribution is 1.31. The highest BCUT2D eigenvalue weighted by Gasteiger charge is 2.14. The summed E-state index contributed by atoms with van der Waals surface area (Å²) in [6, 6.07) is 13.9. The molecule has 0 unspecified atom stereocenters. The van der Waals surface area contributed by atoms with Crippen LogP contribution in [0.3, 0.4) is 0 Å². The summed E-state index contributed by atoms with van der Waals surface area (Å²) < 4.78 is 0. The van der Waals surface area contributed by atoms with Gasteiger partial charge in [0, 0.05) is 5.69 Å². The minimum Gasteiger partial charge on any atom is -0.399 e. The molecule has 1 aromatic carbocycles. The third-order valence-corrected chi connectivity index (χ3v) is 4.95. The molecule has 3 nitrogen and oxygen atoms in total. The Bertz CT molecular complexity index is 897. The maximum absolute atomic E-state index is 5.86. The second-order valence-corrected chi connectivity index (χ2v) is 6.52. The fraction of sp³-hybridized carbons (Fsp3) is 0. The maximum Gasteiger partial charge on any atom is 0.108 e. The van der Waals surface area contributed by atoms with E-state index in [1.54, 1.807) is 22.7 Å². The monoisotopic (exact) mass is 309 g/mol. The van der Waals surface area contributed by atoms with Gasteiger partial charge in [-0.1, -0.05) is 12.1 Å². The van der Waals surface area contributed by atoms with Gasteiger partial charge in [0.25, 0.3) is 0 Å².